The number of carboxylic acids is 1. The normalized spacial score (nSPS) is 25.0. The number of carbonyl (C=O) groups excluding carboxylic acids is 3. The fraction of sp³-hybridized carbons (Fsp3) is 0.750. The molecular weight excluding hydrogens is 362 g/mol. The molecule has 2 aliphatic heterocycles. The van der Waals surface area contributed by atoms with Gasteiger partial charge in [0.05, 0.1) is 25.1 Å². The standard InChI is InChI=1S/C16H25N3O6S/c1-2-25-15(23)9(7-13(21)22)17-12(20)6-4-3-5-11-14-10(8-26-11)18-16(24)19-14/h9-11,14H,2-8H2,1H3,(H,17,20)(H,21,22)(H2,18,19,24)/t9-,10-,11-,14-/m0/s1. The highest BCUT2D eigenvalue weighted by atomic mass is 32.2. The van der Waals surface area contributed by atoms with E-state index in [-0.39, 0.29) is 37.0 Å². The van der Waals surface area contributed by atoms with Crippen LogP contribution in [0.25, 0.3) is 0 Å². The van der Waals surface area contributed by atoms with E-state index >= 15 is 0 Å². The summed E-state index contributed by atoms with van der Waals surface area (Å²) in [6.45, 7) is 1.74. The summed E-state index contributed by atoms with van der Waals surface area (Å²) in [5, 5.41) is 17.4. The summed E-state index contributed by atoms with van der Waals surface area (Å²) < 4.78 is 4.79. The number of carbonyl (C=O) groups is 4. The van der Waals surface area contributed by atoms with Crippen molar-refractivity contribution >= 4 is 35.6 Å². The molecule has 0 spiro atoms. The van der Waals surface area contributed by atoms with Gasteiger partial charge in [-0.15, -0.1) is 0 Å². The number of aliphatic carboxylic acids is 1. The van der Waals surface area contributed by atoms with Crippen molar-refractivity contribution in [3.05, 3.63) is 0 Å². The first-order valence-corrected chi connectivity index (χ1v) is 9.82. The minimum Gasteiger partial charge on any atom is -0.481 e. The quantitative estimate of drug-likeness (QED) is 0.240. The zero-order chi connectivity index (χ0) is 19.1. The number of unbranched alkanes of at least 4 members (excludes halogenated alkanes) is 1. The zero-order valence-electron chi connectivity index (χ0n) is 14.7. The van der Waals surface area contributed by atoms with Crippen LogP contribution in [0.15, 0.2) is 0 Å². The number of thioether (sulfide) groups is 1. The first-order valence-electron chi connectivity index (χ1n) is 8.77. The molecule has 2 aliphatic rings. The van der Waals surface area contributed by atoms with Crippen molar-refractivity contribution in [3.8, 4) is 0 Å². The van der Waals surface area contributed by atoms with Crippen LogP contribution in [-0.4, -0.2) is 64.7 Å². The third-order valence-electron chi connectivity index (χ3n) is 4.37. The van der Waals surface area contributed by atoms with E-state index in [0.29, 0.717) is 11.7 Å². The van der Waals surface area contributed by atoms with Gasteiger partial charge in [-0.25, -0.2) is 9.59 Å². The van der Waals surface area contributed by atoms with Crippen LogP contribution in [0.4, 0.5) is 4.79 Å². The van der Waals surface area contributed by atoms with Crippen LogP contribution in [0.5, 0.6) is 0 Å². The van der Waals surface area contributed by atoms with Gasteiger partial charge in [-0.05, 0) is 19.8 Å². The van der Waals surface area contributed by atoms with Crippen LogP contribution >= 0.6 is 11.8 Å². The maximum atomic E-state index is 12.0. The van der Waals surface area contributed by atoms with Crippen LogP contribution in [0.3, 0.4) is 0 Å². The third kappa shape index (κ3) is 5.79. The lowest BCUT2D eigenvalue weighted by Crippen LogP contribution is -2.43. The molecule has 146 valence electrons. The number of ether oxygens (including phenoxy) is 1. The summed E-state index contributed by atoms with van der Waals surface area (Å²) in [5.74, 6) is -1.38. The number of esters is 1. The van der Waals surface area contributed by atoms with Gasteiger partial charge < -0.3 is 25.8 Å². The summed E-state index contributed by atoms with van der Waals surface area (Å²) >= 11 is 1.82. The van der Waals surface area contributed by atoms with Crippen LogP contribution in [-0.2, 0) is 19.1 Å². The highest BCUT2D eigenvalue weighted by molar-refractivity contribution is 8.00. The molecule has 4 atom stereocenters. The van der Waals surface area contributed by atoms with Crippen molar-refractivity contribution in [1.82, 2.24) is 16.0 Å². The topological polar surface area (TPSA) is 134 Å². The van der Waals surface area contributed by atoms with Crippen LogP contribution in [0, 0.1) is 0 Å². The van der Waals surface area contributed by atoms with Crippen molar-refractivity contribution < 1.29 is 29.0 Å². The molecule has 2 fully saturated rings. The van der Waals surface area contributed by atoms with Gasteiger partial charge in [0.2, 0.25) is 5.91 Å². The molecule has 2 saturated heterocycles. The molecule has 2 rings (SSSR count). The van der Waals surface area contributed by atoms with Gasteiger partial charge in [0.1, 0.15) is 6.04 Å². The molecule has 0 aromatic rings. The number of rotatable bonds is 10. The summed E-state index contributed by atoms with van der Waals surface area (Å²) in [4.78, 5) is 45.9. The average molecular weight is 387 g/mol. The number of urea groups is 1. The maximum absolute atomic E-state index is 12.0. The largest absolute Gasteiger partial charge is 0.481 e. The smallest absolute Gasteiger partial charge is 0.329 e. The molecule has 26 heavy (non-hydrogen) atoms. The Balaban J connectivity index is 1.68. The van der Waals surface area contributed by atoms with E-state index in [2.05, 4.69) is 16.0 Å². The zero-order valence-corrected chi connectivity index (χ0v) is 15.5. The maximum Gasteiger partial charge on any atom is 0.329 e. The molecular formula is C16H25N3O6S. The Morgan fingerprint density at radius 2 is 2.12 bits per heavy atom. The Hall–Kier alpha value is -1.97. The van der Waals surface area contributed by atoms with Gasteiger partial charge in [0, 0.05) is 17.4 Å². The molecule has 0 aromatic carbocycles. The van der Waals surface area contributed by atoms with E-state index in [1.54, 1.807) is 6.92 Å². The predicted octanol–water partition coefficient (Wildman–Crippen LogP) is 0.235. The Morgan fingerprint density at radius 1 is 1.35 bits per heavy atom. The molecule has 0 unspecified atom stereocenters. The number of hydrogen-bond donors (Lipinski definition) is 4. The van der Waals surface area contributed by atoms with Crippen molar-refractivity contribution in [2.45, 2.75) is 62.4 Å². The minimum absolute atomic E-state index is 0.117. The third-order valence-corrected chi connectivity index (χ3v) is 5.87. The summed E-state index contributed by atoms with van der Waals surface area (Å²) in [5.41, 5.74) is 0. The fourth-order valence-corrected chi connectivity index (χ4v) is 4.69. The second-order valence-corrected chi connectivity index (χ2v) is 7.61. The lowest BCUT2D eigenvalue weighted by atomic mass is 10.0. The van der Waals surface area contributed by atoms with E-state index in [9.17, 15) is 19.2 Å². The molecule has 9 nitrogen and oxygen atoms in total. The van der Waals surface area contributed by atoms with E-state index in [4.69, 9.17) is 9.84 Å². The van der Waals surface area contributed by atoms with Gasteiger partial charge in [-0.1, -0.05) is 6.42 Å². The van der Waals surface area contributed by atoms with E-state index in [1.165, 1.54) is 0 Å². The molecule has 0 saturated carbocycles. The Bertz CT molecular complexity index is 558. The number of fused-ring (bicyclic) bond motifs is 1. The van der Waals surface area contributed by atoms with Crippen LogP contribution in [0.1, 0.15) is 39.0 Å². The monoisotopic (exact) mass is 387 g/mol. The number of nitrogens with one attached hydrogen (secondary N) is 3. The minimum atomic E-state index is -1.18. The number of amides is 3. The molecule has 3 amide bonds. The first-order chi connectivity index (χ1) is 12.4. The summed E-state index contributed by atoms with van der Waals surface area (Å²) in [6.07, 6.45) is 2.04. The van der Waals surface area contributed by atoms with Gasteiger partial charge in [-0.3, -0.25) is 9.59 Å². The first kappa shape index (κ1) is 20.3. The number of hydrogen-bond acceptors (Lipinski definition) is 6. The second kappa shape index (κ2) is 9.65. The van der Waals surface area contributed by atoms with E-state index in [1.807, 2.05) is 11.8 Å². The number of carboxylic acid groups (broad SMARTS) is 1. The summed E-state index contributed by atoms with van der Waals surface area (Å²) in [6, 6.07) is -0.953. The molecule has 0 radical (unpaired) electrons. The Morgan fingerprint density at radius 3 is 2.81 bits per heavy atom. The predicted molar refractivity (Wildman–Crippen MR) is 94.8 cm³/mol. The highest BCUT2D eigenvalue weighted by Crippen LogP contribution is 2.33. The van der Waals surface area contributed by atoms with E-state index < -0.39 is 24.4 Å². The second-order valence-electron chi connectivity index (χ2n) is 6.34. The molecule has 10 heteroatoms. The van der Waals surface area contributed by atoms with Crippen molar-refractivity contribution in [2.75, 3.05) is 12.4 Å². The van der Waals surface area contributed by atoms with Crippen LogP contribution in [0.2, 0.25) is 0 Å². The van der Waals surface area contributed by atoms with Crippen molar-refractivity contribution in [2.24, 2.45) is 0 Å². The Labute approximate surface area is 156 Å². The van der Waals surface area contributed by atoms with Gasteiger partial charge in [-0.2, -0.15) is 11.8 Å². The average Bonchev–Trinajstić information content (AvgIpc) is 3.10. The molecule has 0 aromatic heterocycles. The lowest BCUT2D eigenvalue weighted by Gasteiger charge is -2.17. The highest BCUT2D eigenvalue weighted by Gasteiger charge is 2.42. The Kier molecular flexibility index (Phi) is 7.55. The van der Waals surface area contributed by atoms with Gasteiger partial charge >= 0.3 is 18.0 Å². The molecule has 0 aliphatic carbocycles. The van der Waals surface area contributed by atoms with Crippen molar-refractivity contribution in [1.29, 1.82) is 0 Å². The van der Waals surface area contributed by atoms with Crippen molar-refractivity contribution in [3.63, 3.8) is 0 Å². The molecule has 2 heterocycles. The molecule has 4 N–H and O–H groups in total. The summed E-state index contributed by atoms with van der Waals surface area (Å²) in [7, 11) is 0. The van der Waals surface area contributed by atoms with E-state index in [0.717, 1.165) is 18.6 Å². The fourth-order valence-electron chi connectivity index (χ4n) is 3.15. The SMILES string of the molecule is CCOC(=O)[C@H](CC(=O)O)NC(=O)CCCC[C@@H]1SC[C@@H]2NC(=O)N[C@@H]21. The van der Waals surface area contributed by atoms with Gasteiger partial charge in [0.15, 0.2) is 0 Å². The lowest BCUT2D eigenvalue weighted by molar-refractivity contribution is -0.151. The van der Waals surface area contributed by atoms with Gasteiger partial charge in [0.25, 0.3) is 0 Å². The van der Waals surface area contributed by atoms with Crippen LogP contribution < -0.4 is 16.0 Å². The molecule has 0 bridgehead atoms.